The summed E-state index contributed by atoms with van der Waals surface area (Å²) in [6.45, 7) is 2.99. The lowest BCUT2D eigenvalue weighted by atomic mass is 10.1. The fraction of sp³-hybridized carbons (Fsp3) is 0.158. The van der Waals surface area contributed by atoms with E-state index in [9.17, 15) is 4.79 Å². The first-order chi connectivity index (χ1) is 13.2. The number of amides is 1. The topological polar surface area (TPSA) is 81.4 Å². The standard InChI is InChI=1S/C19H17N5O2S/c1-2-26-16-9-7-14(8-10-16)17(25)20-11-13-3-5-15(6-4-13)18-23-24-12-21-22-19(24)27-18/h3-10,12H,2,11H2,1H3,(H,20,25). The molecule has 0 spiro atoms. The van der Waals surface area contributed by atoms with Crippen molar-refractivity contribution in [1.29, 1.82) is 0 Å². The molecule has 27 heavy (non-hydrogen) atoms. The third kappa shape index (κ3) is 3.80. The van der Waals surface area contributed by atoms with E-state index in [0.29, 0.717) is 18.7 Å². The number of ether oxygens (including phenoxy) is 1. The number of aromatic nitrogens is 4. The van der Waals surface area contributed by atoms with Crippen LogP contribution in [0.2, 0.25) is 0 Å². The van der Waals surface area contributed by atoms with Gasteiger partial charge in [0, 0.05) is 17.7 Å². The summed E-state index contributed by atoms with van der Waals surface area (Å²) in [6.07, 6.45) is 1.58. The SMILES string of the molecule is CCOc1ccc(C(=O)NCc2ccc(-c3nn4cnnc4s3)cc2)cc1. The Morgan fingerprint density at radius 3 is 2.63 bits per heavy atom. The maximum Gasteiger partial charge on any atom is 0.251 e. The van der Waals surface area contributed by atoms with Gasteiger partial charge < -0.3 is 10.1 Å². The van der Waals surface area contributed by atoms with Crippen molar-refractivity contribution in [3.8, 4) is 16.3 Å². The zero-order chi connectivity index (χ0) is 18.6. The monoisotopic (exact) mass is 379 g/mol. The molecule has 136 valence electrons. The van der Waals surface area contributed by atoms with Crippen LogP contribution in [0.5, 0.6) is 5.75 Å². The molecule has 2 aromatic carbocycles. The summed E-state index contributed by atoms with van der Waals surface area (Å²) in [7, 11) is 0. The fourth-order valence-electron chi connectivity index (χ4n) is 2.60. The zero-order valence-corrected chi connectivity index (χ0v) is 15.4. The largest absolute Gasteiger partial charge is 0.494 e. The van der Waals surface area contributed by atoms with Crippen LogP contribution in [0.25, 0.3) is 15.5 Å². The predicted octanol–water partition coefficient (Wildman–Crippen LogP) is 3.18. The molecular weight excluding hydrogens is 362 g/mol. The van der Waals surface area contributed by atoms with Crippen molar-refractivity contribution in [2.24, 2.45) is 0 Å². The Bertz CT molecular complexity index is 1030. The van der Waals surface area contributed by atoms with Crippen molar-refractivity contribution >= 4 is 22.2 Å². The number of fused-ring (bicyclic) bond motifs is 1. The van der Waals surface area contributed by atoms with Gasteiger partial charge in [-0.3, -0.25) is 4.79 Å². The minimum Gasteiger partial charge on any atom is -0.494 e. The summed E-state index contributed by atoms with van der Waals surface area (Å²) in [5, 5.41) is 16.0. The van der Waals surface area contributed by atoms with E-state index in [1.807, 2.05) is 31.2 Å². The minimum absolute atomic E-state index is 0.115. The van der Waals surface area contributed by atoms with Gasteiger partial charge in [0.1, 0.15) is 17.1 Å². The van der Waals surface area contributed by atoms with Crippen LogP contribution in [0.15, 0.2) is 54.9 Å². The molecule has 8 heteroatoms. The minimum atomic E-state index is -0.115. The molecule has 2 aromatic heterocycles. The Balaban J connectivity index is 1.38. The van der Waals surface area contributed by atoms with Gasteiger partial charge in [-0.25, -0.2) is 0 Å². The number of hydrogen-bond donors (Lipinski definition) is 1. The van der Waals surface area contributed by atoms with Gasteiger partial charge in [0.2, 0.25) is 4.96 Å². The van der Waals surface area contributed by atoms with Crippen LogP contribution in [0.1, 0.15) is 22.8 Å². The molecule has 0 unspecified atom stereocenters. The van der Waals surface area contributed by atoms with Crippen molar-refractivity contribution in [3.05, 3.63) is 66.0 Å². The average Bonchev–Trinajstić information content (AvgIpc) is 3.30. The number of rotatable bonds is 6. The molecule has 1 amide bonds. The molecule has 0 aliphatic carbocycles. The van der Waals surface area contributed by atoms with E-state index in [1.165, 1.54) is 11.3 Å². The van der Waals surface area contributed by atoms with Crippen LogP contribution in [0.4, 0.5) is 0 Å². The van der Waals surface area contributed by atoms with Gasteiger partial charge in [0.05, 0.1) is 6.61 Å². The van der Waals surface area contributed by atoms with Crippen LogP contribution >= 0.6 is 11.3 Å². The number of carbonyl (C=O) groups excluding carboxylic acids is 1. The Labute approximate surface area is 159 Å². The van der Waals surface area contributed by atoms with E-state index < -0.39 is 0 Å². The second-order valence-electron chi connectivity index (χ2n) is 5.80. The molecule has 0 aliphatic rings. The lowest BCUT2D eigenvalue weighted by Gasteiger charge is -2.07. The van der Waals surface area contributed by atoms with Crippen LogP contribution in [0, 0.1) is 0 Å². The smallest absolute Gasteiger partial charge is 0.251 e. The van der Waals surface area contributed by atoms with Gasteiger partial charge in [-0.1, -0.05) is 35.6 Å². The van der Waals surface area contributed by atoms with E-state index in [2.05, 4.69) is 20.6 Å². The van der Waals surface area contributed by atoms with Gasteiger partial charge in [-0.15, -0.1) is 10.2 Å². The highest BCUT2D eigenvalue weighted by Gasteiger charge is 2.09. The molecule has 0 fully saturated rings. The van der Waals surface area contributed by atoms with Gasteiger partial charge in [0.15, 0.2) is 0 Å². The quantitative estimate of drug-likeness (QED) is 0.556. The molecule has 4 aromatic rings. The highest BCUT2D eigenvalue weighted by atomic mass is 32.1. The first-order valence-corrected chi connectivity index (χ1v) is 9.32. The maximum absolute atomic E-state index is 12.3. The summed E-state index contributed by atoms with van der Waals surface area (Å²) in [6, 6.07) is 15.1. The molecule has 0 atom stereocenters. The van der Waals surface area contributed by atoms with Crippen LogP contribution < -0.4 is 10.1 Å². The number of hydrogen-bond acceptors (Lipinski definition) is 6. The third-order valence-corrected chi connectivity index (χ3v) is 4.93. The van der Waals surface area contributed by atoms with Gasteiger partial charge >= 0.3 is 0 Å². The van der Waals surface area contributed by atoms with Crippen molar-refractivity contribution in [2.45, 2.75) is 13.5 Å². The average molecular weight is 379 g/mol. The van der Waals surface area contributed by atoms with Crippen molar-refractivity contribution in [1.82, 2.24) is 25.1 Å². The fourth-order valence-corrected chi connectivity index (χ4v) is 3.42. The van der Waals surface area contributed by atoms with Gasteiger partial charge in [-0.05, 0) is 36.8 Å². The second kappa shape index (κ2) is 7.55. The molecule has 0 saturated heterocycles. The summed E-state index contributed by atoms with van der Waals surface area (Å²) < 4.78 is 7.04. The zero-order valence-electron chi connectivity index (χ0n) is 14.6. The highest BCUT2D eigenvalue weighted by molar-refractivity contribution is 7.19. The molecule has 2 heterocycles. The maximum atomic E-state index is 12.3. The first-order valence-electron chi connectivity index (χ1n) is 8.50. The molecule has 1 N–H and O–H groups in total. The Morgan fingerprint density at radius 1 is 1.15 bits per heavy atom. The van der Waals surface area contributed by atoms with E-state index in [1.54, 1.807) is 35.1 Å². The third-order valence-electron chi connectivity index (χ3n) is 3.97. The highest BCUT2D eigenvalue weighted by Crippen LogP contribution is 2.24. The summed E-state index contributed by atoms with van der Waals surface area (Å²) in [5.74, 6) is 0.644. The summed E-state index contributed by atoms with van der Waals surface area (Å²) >= 11 is 1.48. The molecular formula is C19H17N5O2S. The van der Waals surface area contributed by atoms with Crippen molar-refractivity contribution < 1.29 is 9.53 Å². The molecule has 7 nitrogen and oxygen atoms in total. The van der Waals surface area contributed by atoms with Crippen LogP contribution in [0.3, 0.4) is 0 Å². The number of nitrogens with one attached hydrogen (secondary N) is 1. The first kappa shape index (κ1) is 17.2. The number of benzene rings is 2. The number of carbonyl (C=O) groups is 1. The Morgan fingerprint density at radius 2 is 1.93 bits per heavy atom. The van der Waals surface area contributed by atoms with E-state index in [-0.39, 0.29) is 5.91 Å². The van der Waals surface area contributed by atoms with E-state index in [0.717, 1.165) is 26.8 Å². The predicted molar refractivity (Wildman–Crippen MR) is 103 cm³/mol. The van der Waals surface area contributed by atoms with Crippen LogP contribution in [-0.4, -0.2) is 32.3 Å². The van der Waals surface area contributed by atoms with Gasteiger partial charge in [0.25, 0.3) is 5.91 Å². The Hall–Kier alpha value is -3.26. The van der Waals surface area contributed by atoms with Crippen LogP contribution in [-0.2, 0) is 6.54 Å². The molecule has 0 aliphatic heterocycles. The molecule has 0 radical (unpaired) electrons. The van der Waals surface area contributed by atoms with E-state index in [4.69, 9.17) is 4.74 Å². The molecule has 0 saturated carbocycles. The molecule has 4 rings (SSSR count). The van der Waals surface area contributed by atoms with E-state index >= 15 is 0 Å². The normalized spacial score (nSPS) is 10.9. The lowest BCUT2D eigenvalue weighted by Crippen LogP contribution is -2.22. The lowest BCUT2D eigenvalue weighted by molar-refractivity contribution is 0.0951. The summed E-state index contributed by atoms with van der Waals surface area (Å²) in [4.78, 5) is 13.0. The van der Waals surface area contributed by atoms with Gasteiger partial charge in [-0.2, -0.15) is 9.61 Å². The Kier molecular flexibility index (Phi) is 4.80. The number of nitrogens with zero attached hydrogens (tertiary/aromatic N) is 4. The van der Waals surface area contributed by atoms with Crippen molar-refractivity contribution in [3.63, 3.8) is 0 Å². The second-order valence-corrected chi connectivity index (χ2v) is 6.76. The van der Waals surface area contributed by atoms with Crippen molar-refractivity contribution in [2.75, 3.05) is 6.61 Å². The molecule has 0 bridgehead atoms. The summed E-state index contributed by atoms with van der Waals surface area (Å²) in [5.41, 5.74) is 2.63.